The van der Waals surface area contributed by atoms with E-state index in [1.807, 2.05) is 36.1 Å². The van der Waals surface area contributed by atoms with E-state index >= 15 is 0 Å². The minimum absolute atomic E-state index is 0.297. The Balaban J connectivity index is 2.50. The highest BCUT2D eigenvalue weighted by Crippen LogP contribution is 1.97. The number of carbonyl (C=O) groups excluding carboxylic acids is 1. The first-order chi connectivity index (χ1) is 6.22. The van der Waals surface area contributed by atoms with Gasteiger partial charge in [0.05, 0.1) is 0 Å². The molecule has 0 aromatic carbocycles. The van der Waals surface area contributed by atoms with Gasteiger partial charge in [-0.1, -0.05) is 6.58 Å². The quantitative estimate of drug-likeness (QED) is 0.388. The number of hydrogen-bond donors (Lipinski definition) is 0. The molecule has 0 spiro atoms. The van der Waals surface area contributed by atoms with E-state index in [0.29, 0.717) is 6.61 Å². The van der Waals surface area contributed by atoms with Crippen molar-refractivity contribution in [3.05, 3.63) is 42.7 Å². The second-order valence-corrected chi connectivity index (χ2v) is 2.68. The zero-order valence-corrected chi connectivity index (χ0v) is 7.56. The monoisotopic (exact) mass is 178 g/mol. The summed E-state index contributed by atoms with van der Waals surface area (Å²) in [6.45, 7) is 3.61. The van der Waals surface area contributed by atoms with Crippen molar-refractivity contribution in [2.24, 2.45) is 7.05 Å². The van der Waals surface area contributed by atoms with Gasteiger partial charge in [0.15, 0.2) is 12.4 Å². The third-order valence-electron chi connectivity index (χ3n) is 1.60. The van der Waals surface area contributed by atoms with Gasteiger partial charge in [0.2, 0.25) is 0 Å². The zero-order chi connectivity index (χ0) is 9.68. The van der Waals surface area contributed by atoms with Gasteiger partial charge in [-0.15, -0.1) is 0 Å². The molecule has 1 aromatic heterocycles. The van der Waals surface area contributed by atoms with Crippen molar-refractivity contribution in [2.45, 2.75) is 6.61 Å². The van der Waals surface area contributed by atoms with Gasteiger partial charge < -0.3 is 4.74 Å². The van der Waals surface area contributed by atoms with Crippen molar-refractivity contribution in [3.63, 3.8) is 0 Å². The maximum absolute atomic E-state index is 10.7. The average Bonchev–Trinajstić information content (AvgIpc) is 2.16. The van der Waals surface area contributed by atoms with Crippen LogP contribution in [0.25, 0.3) is 0 Å². The lowest BCUT2D eigenvalue weighted by Crippen LogP contribution is -2.26. The van der Waals surface area contributed by atoms with Crippen LogP contribution in [0, 0.1) is 0 Å². The number of carbonyl (C=O) groups is 1. The number of esters is 1. The Kier molecular flexibility index (Phi) is 3.20. The molecule has 0 fully saturated rings. The molecule has 0 aliphatic carbocycles. The van der Waals surface area contributed by atoms with Crippen LogP contribution in [0.15, 0.2) is 37.2 Å². The molecule has 1 aromatic rings. The molecule has 0 aliphatic rings. The predicted molar refractivity (Wildman–Crippen MR) is 47.6 cm³/mol. The number of hydrogen-bond acceptors (Lipinski definition) is 2. The standard InChI is InChI=1S/C10H12NO2/c1-3-10(12)13-8-9-4-6-11(2)7-5-9/h3-7H,1,8H2,2H3/q+1. The van der Waals surface area contributed by atoms with E-state index in [4.69, 9.17) is 4.74 Å². The van der Waals surface area contributed by atoms with Gasteiger partial charge in [0, 0.05) is 23.8 Å². The van der Waals surface area contributed by atoms with Crippen LogP contribution in [0.1, 0.15) is 5.56 Å². The summed E-state index contributed by atoms with van der Waals surface area (Å²) in [5.41, 5.74) is 0.966. The first-order valence-corrected chi connectivity index (χ1v) is 3.96. The molecule has 0 bridgehead atoms. The van der Waals surface area contributed by atoms with E-state index < -0.39 is 5.97 Å². The molecule has 3 heteroatoms. The van der Waals surface area contributed by atoms with E-state index in [1.54, 1.807) is 0 Å². The summed E-state index contributed by atoms with van der Waals surface area (Å²) < 4.78 is 6.77. The third kappa shape index (κ3) is 3.07. The number of aromatic nitrogens is 1. The highest BCUT2D eigenvalue weighted by molar-refractivity contribution is 5.81. The van der Waals surface area contributed by atoms with Gasteiger partial charge in [0.1, 0.15) is 13.7 Å². The number of rotatable bonds is 3. The second-order valence-electron chi connectivity index (χ2n) is 2.68. The summed E-state index contributed by atoms with van der Waals surface area (Å²) in [7, 11) is 1.93. The Labute approximate surface area is 77.3 Å². The Morgan fingerprint density at radius 3 is 2.77 bits per heavy atom. The third-order valence-corrected chi connectivity index (χ3v) is 1.60. The molecule has 68 valence electrons. The van der Waals surface area contributed by atoms with Gasteiger partial charge in [-0.3, -0.25) is 0 Å². The summed E-state index contributed by atoms with van der Waals surface area (Å²) >= 11 is 0. The fourth-order valence-electron chi connectivity index (χ4n) is 0.841. The lowest BCUT2D eigenvalue weighted by atomic mass is 10.3. The van der Waals surface area contributed by atoms with Gasteiger partial charge >= 0.3 is 5.97 Å². The fourth-order valence-corrected chi connectivity index (χ4v) is 0.841. The number of nitrogens with zero attached hydrogens (tertiary/aromatic N) is 1. The highest BCUT2D eigenvalue weighted by Gasteiger charge is 1.98. The van der Waals surface area contributed by atoms with Crippen molar-refractivity contribution in [2.75, 3.05) is 0 Å². The van der Waals surface area contributed by atoms with Crippen LogP contribution >= 0.6 is 0 Å². The van der Waals surface area contributed by atoms with Crippen LogP contribution in [0.4, 0.5) is 0 Å². The van der Waals surface area contributed by atoms with Gasteiger partial charge in [-0.05, 0) is 0 Å². The van der Waals surface area contributed by atoms with E-state index in [1.165, 1.54) is 0 Å². The average molecular weight is 178 g/mol. The van der Waals surface area contributed by atoms with Crippen LogP contribution in [-0.2, 0) is 23.2 Å². The molecule has 0 radical (unpaired) electrons. The minimum atomic E-state index is -0.395. The lowest BCUT2D eigenvalue weighted by molar-refractivity contribution is -0.671. The van der Waals surface area contributed by atoms with Crippen molar-refractivity contribution in [3.8, 4) is 0 Å². The fraction of sp³-hybridized carbons (Fsp3) is 0.200. The van der Waals surface area contributed by atoms with E-state index in [9.17, 15) is 4.79 Å². The van der Waals surface area contributed by atoms with Crippen LogP contribution in [0.3, 0.4) is 0 Å². The molecule has 0 amide bonds. The Bertz CT molecular complexity index is 303. The maximum atomic E-state index is 10.7. The summed E-state index contributed by atoms with van der Waals surface area (Å²) in [5, 5.41) is 0. The minimum Gasteiger partial charge on any atom is -0.458 e. The molecular weight excluding hydrogens is 166 g/mol. The molecular formula is C10H12NO2+. The van der Waals surface area contributed by atoms with Gasteiger partial charge in [-0.25, -0.2) is 9.36 Å². The lowest BCUT2D eigenvalue weighted by Gasteiger charge is -1.99. The summed E-state index contributed by atoms with van der Waals surface area (Å²) in [6.07, 6.45) is 4.96. The molecule has 13 heavy (non-hydrogen) atoms. The van der Waals surface area contributed by atoms with Crippen LogP contribution in [0.2, 0.25) is 0 Å². The first kappa shape index (κ1) is 9.45. The molecule has 0 saturated heterocycles. The number of aryl methyl sites for hydroxylation is 1. The Morgan fingerprint density at radius 2 is 2.23 bits per heavy atom. The highest BCUT2D eigenvalue weighted by atomic mass is 16.5. The number of ether oxygens (including phenoxy) is 1. The molecule has 0 N–H and O–H groups in total. The largest absolute Gasteiger partial charge is 0.458 e. The molecule has 1 rings (SSSR count). The number of pyridine rings is 1. The molecule has 0 saturated carbocycles. The molecule has 1 heterocycles. The first-order valence-electron chi connectivity index (χ1n) is 3.96. The SMILES string of the molecule is C=CC(=O)OCc1cc[n+](C)cc1. The van der Waals surface area contributed by atoms with Crippen LogP contribution < -0.4 is 4.57 Å². The normalized spacial score (nSPS) is 9.31. The van der Waals surface area contributed by atoms with Crippen molar-refractivity contribution >= 4 is 5.97 Å². The Hall–Kier alpha value is -1.64. The van der Waals surface area contributed by atoms with Crippen LogP contribution in [0.5, 0.6) is 0 Å². The summed E-state index contributed by atoms with van der Waals surface area (Å²) in [4.78, 5) is 10.7. The smallest absolute Gasteiger partial charge is 0.330 e. The molecule has 0 aliphatic heterocycles. The Morgan fingerprint density at radius 1 is 1.62 bits per heavy atom. The van der Waals surface area contributed by atoms with Crippen molar-refractivity contribution in [1.82, 2.24) is 0 Å². The van der Waals surface area contributed by atoms with Crippen LogP contribution in [-0.4, -0.2) is 5.97 Å². The molecule has 3 nitrogen and oxygen atoms in total. The van der Waals surface area contributed by atoms with E-state index in [2.05, 4.69) is 6.58 Å². The predicted octanol–water partition coefficient (Wildman–Crippen LogP) is 0.740. The van der Waals surface area contributed by atoms with Crippen molar-refractivity contribution in [1.29, 1.82) is 0 Å². The summed E-state index contributed by atoms with van der Waals surface area (Å²) in [5.74, 6) is -0.395. The zero-order valence-electron chi connectivity index (χ0n) is 7.56. The molecule has 0 atom stereocenters. The van der Waals surface area contributed by atoms with Crippen molar-refractivity contribution < 1.29 is 14.1 Å². The molecule has 0 unspecified atom stereocenters. The maximum Gasteiger partial charge on any atom is 0.330 e. The van der Waals surface area contributed by atoms with E-state index in [-0.39, 0.29) is 0 Å². The van der Waals surface area contributed by atoms with Gasteiger partial charge in [-0.2, -0.15) is 0 Å². The van der Waals surface area contributed by atoms with Gasteiger partial charge in [0.25, 0.3) is 0 Å². The topological polar surface area (TPSA) is 30.2 Å². The summed E-state index contributed by atoms with van der Waals surface area (Å²) in [6, 6.07) is 3.80. The second kappa shape index (κ2) is 4.40. The van der Waals surface area contributed by atoms with E-state index in [0.717, 1.165) is 11.6 Å².